The highest BCUT2D eigenvalue weighted by atomic mass is 19.4. The second-order valence-electron chi connectivity index (χ2n) is 6.28. The van der Waals surface area contributed by atoms with Crippen LogP contribution < -0.4 is 4.74 Å². The van der Waals surface area contributed by atoms with Gasteiger partial charge >= 0.3 is 6.18 Å². The molecule has 0 aliphatic carbocycles. The summed E-state index contributed by atoms with van der Waals surface area (Å²) in [5, 5.41) is 4.30. The van der Waals surface area contributed by atoms with E-state index in [1.807, 2.05) is 0 Å². The van der Waals surface area contributed by atoms with Gasteiger partial charge in [0.2, 0.25) is 5.88 Å². The molecule has 0 aliphatic rings. The van der Waals surface area contributed by atoms with Gasteiger partial charge < -0.3 is 9.64 Å². The van der Waals surface area contributed by atoms with Gasteiger partial charge in [-0.2, -0.15) is 18.3 Å². The van der Waals surface area contributed by atoms with E-state index in [-0.39, 0.29) is 17.5 Å². The van der Waals surface area contributed by atoms with Crippen molar-refractivity contribution in [3.63, 3.8) is 0 Å². The van der Waals surface area contributed by atoms with Crippen molar-refractivity contribution in [1.82, 2.24) is 19.7 Å². The minimum Gasteiger partial charge on any atom is -0.438 e. The van der Waals surface area contributed by atoms with E-state index in [9.17, 15) is 18.0 Å². The van der Waals surface area contributed by atoms with Gasteiger partial charge in [0.25, 0.3) is 5.91 Å². The maximum Gasteiger partial charge on any atom is 0.416 e. The molecule has 0 atom stereocenters. The molecule has 1 aromatic carbocycles. The summed E-state index contributed by atoms with van der Waals surface area (Å²) in [7, 11) is 4.98. The lowest BCUT2D eigenvalue weighted by Gasteiger charge is -2.14. The zero-order valence-corrected chi connectivity index (χ0v) is 15.4. The summed E-state index contributed by atoms with van der Waals surface area (Å²) in [4.78, 5) is 17.9. The number of aryl methyl sites for hydroxylation is 1. The number of benzene rings is 1. The first-order chi connectivity index (χ1) is 13.1. The summed E-state index contributed by atoms with van der Waals surface area (Å²) < 4.78 is 45.4. The third-order valence-electron chi connectivity index (χ3n) is 3.89. The smallest absolute Gasteiger partial charge is 0.416 e. The summed E-state index contributed by atoms with van der Waals surface area (Å²) in [6, 6.07) is 7.61. The van der Waals surface area contributed by atoms with Crippen LogP contribution in [0.4, 0.5) is 13.2 Å². The molecular weight excluding hydrogens is 373 g/mol. The molecule has 1 amide bonds. The number of carbonyl (C=O) groups excluding carboxylic acids is 1. The third-order valence-corrected chi connectivity index (χ3v) is 3.89. The minimum absolute atomic E-state index is 0.133. The number of hydrogen-bond acceptors (Lipinski definition) is 4. The highest BCUT2D eigenvalue weighted by Crippen LogP contribution is 2.34. The molecule has 3 aromatic rings. The fraction of sp³-hybridized carbons (Fsp3) is 0.211. The van der Waals surface area contributed by atoms with Gasteiger partial charge in [-0.1, -0.05) is 0 Å². The lowest BCUT2D eigenvalue weighted by Crippen LogP contribution is -2.21. The van der Waals surface area contributed by atoms with Crippen LogP contribution in [0.2, 0.25) is 0 Å². The maximum atomic E-state index is 12.7. The topological polar surface area (TPSA) is 60.3 Å². The van der Waals surface area contributed by atoms with Crippen LogP contribution in [0.5, 0.6) is 11.6 Å². The number of carbonyl (C=O) groups is 1. The van der Waals surface area contributed by atoms with E-state index >= 15 is 0 Å². The number of nitrogens with zero attached hydrogens (tertiary/aromatic N) is 4. The first-order valence-electron chi connectivity index (χ1n) is 8.22. The summed E-state index contributed by atoms with van der Waals surface area (Å²) in [5.74, 6) is 0.0730. The van der Waals surface area contributed by atoms with Crippen molar-refractivity contribution in [3.05, 3.63) is 59.9 Å². The lowest BCUT2D eigenvalue weighted by molar-refractivity contribution is -0.137. The highest BCUT2D eigenvalue weighted by molar-refractivity contribution is 5.95. The second kappa shape index (κ2) is 7.34. The average Bonchev–Trinajstić information content (AvgIpc) is 3.07. The van der Waals surface area contributed by atoms with E-state index in [0.717, 1.165) is 12.1 Å². The summed E-state index contributed by atoms with van der Waals surface area (Å²) in [6.45, 7) is 0. The van der Waals surface area contributed by atoms with Crippen molar-refractivity contribution in [2.45, 2.75) is 6.18 Å². The van der Waals surface area contributed by atoms with E-state index in [1.165, 1.54) is 23.2 Å². The minimum atomic E-state index is -4.43. The molecule has 0 fully saturated rings. The van der Waals surface area contributed by atoms with Crippen LogP contribution in [-0.4, -0.2) is 39.7 Å². The number of rotatable bonds is 4. The van der Waals surface area contributed by atoms with Crippen molar-refractivity contribution in [2.24, 2.45) is 7.05 Å². The highest BCUT2D eigenvalue weighted by Gasteiger charge is 2.30. The average molecular weight is 390 g/mol. The summed E-state index contributed by atoms with van der Waals surface area (Å²) in [6.07, 6.45) is -1.35. The fourth-order valence-corrected chi connectivity index (χ4v) is 2.47. The monoisotopic (exact) mass is 390 g/mol. The van der Waals surface area contributed by atoms with Gasteiger partial charge in [0.1, 0.15) is 5.75 Å². The summed E-state index contributed by atoms with van der Waals surface area (Å²) >= 11 is 0. The molecule has 0 spiro atoms. The van der Waals surface area contributed by atoms with Crippen molar-refractivity contribution in [2.75, 3.05) is 14.1 Å². The van der Waals surface area contributed by atoms with Gasteiger partial charge in [0.15, 0.2) is 0 Å². The van der Waals surface area contributed by atoms with Gasteiger partial charge in [0, 0.05) is 33.5 Å². The Hall–Kier alpha value is -3.36. The molecule has 0 bridgehead atoms. The number of halogens is 3. The van der Waals surface area contributed by atoms with Gasteiger partial charge in [0.05, 0.1) is 22.4 Å². The number of alkyl halides is 3. The van der Waals surface area contributed by atoms with Crippen LogP contribution in [0.1, 0.15) is 15.9 Å². The van der Waals surface area contributed by atoms with Crippen molar-refractivity contribution in [3.8, 4) is 22.9 Å². The molecule has 3 rings (SSSR count). The molecule has 6 nitrogen and oxygen atoms in total. The van der Waals surface area contributed by atoms with Crippen LogP contribution in [0.3, 0.4) is 0 Å². The Morgan fingerprint density at radius 2 is 1.82 bits per heavy atom. The number of amides is 1. The normalized spacial score (nSPS) is 11.4. The Bertz CT molecular complexity index is 995. The molecule has 2 heterocycles. The van der Waals surface area contributed by atoms with Crippen LogP contribution in [0, 0.1) is 0 Å². The van der Waals surface area contributed by atoms with E-state index < -0.39 is 11.7 Å². The predicted molar refractivity (Wildman–Crippen MR) is 96.0 cm³/mol. The summed E-state index contributed by atoms with van der Waals surface area (Å²) in [5.41, 5.74) is 0.536. The van der Waals surface area contributed by atoms with E-state index in [0.29, 0.717) is 16.8 Å². The predicted octanol–water partition coefficient (Wildman–Crippen LogP) is 4.00. The number of ether oxygens (including phenoxy) is 1. The molecule has 0 unspecified atom stereocenters. The number of pyridine rings is 1. The maximum absolute atomic E-state index is 12.7. The van der Waals surface area contributed by atoms with Crippen molar-refractivity contribution >= 4 is 5.91 Å². The quantitative estimate of drug-likeness (QED) is 0.676. The van der Waals surface area contributed by atoms with Crippen LogP contribution in [-0.2, 0) is 13.2 Å². The molecule has 0 N–H and O–H groups in total. The van der Waals surface area contributed by atoms with Gasteiger partial charge in [-0.05, 0) is 36.4 Å². The Balaban J connectivity index is 1.99. The molecule has 0 saturated heterocycles. The van der Waals surface area contributed by atoms with Gasteiger partial charge in [-0.25, -0.2) is 4.98 Å². The molecule has 0 radical (unpaired) electrons. The number of hydrogen-bond donors (Lipinski definition) is 0. The second-order valence-corrected chi connectivity index (χ2v) is 6.28. The van der Waals surface area contributed by atoms with E-state index in [1.54, 1.807) is 44.2 Å². The molecule has 28 heavy (non-hydrogen) atoms. The van der Waals surface area contributed by atoms with E-state index in [2.05, 4.69) is 10.1 Å². The van der Waals surface area contributed by atoms with Crippen molar-refractivity contribution < 1.29 is 22.7 Å². The molecule has 2 aromatic heterocycles. The Kier molecular flexibility index (Phi) is 5.08. The van der Waals surface area contributed by atoms with Gasteiger partial charge in [-0.3, -0.25) is 9.48 Å². The van der Waals surface area contributed by atoms with Crippen LogP contribution >= 0.6 is 0 Å². The Morgan fingerprint density at radius 1 is 1.14 bits per heavy atom. The van der Waals surface area contributed by atoms with E-state index in [4.69, 9.17) is 4.74 Å². The Labute approximate surface area is 159 Å². The first-order valence-corrected chi connectivity index (χ1v) is 8.22. The number of aromatic nitrogens is 3. The Morgan fingerprint density at radius 3 is 2.36 bits per heavy atom. The molecular formula is C19H17F3N4O2. The lowest BCUT2D eigenvalue weighted by atomic mass is 10.1. The third kappa shape index (κ3) is 4.13. The molecule has 9 heteroatoms. The zero-order chi connectivity index (χ0) is 20.5. The largest absolute Gasteiger partial charge is 0.438 e. The SMILES string of the molecule is CN(C)C(=O)c1cnc(Oc2ccc(C(F)(F)F)cc2)c(-c2ccn(C)n2)c1. The van der Waals surface area contributed by atoms with Crippen LogP contribution in [0.25, 0.3) is 11.3 Å². The molecule has 0 saturated carbocycles. The van der Waals surface area contributed by atoms with Crippen LogP contribution in [0.15, 0.2) is 48.8 Å². The molecule has 146 valence electrons. The van der Waals surface area contributed by atoms with Gasteiger partial charge in [-0.15, -0.1) is 0 Å². The fourth-order valence-electron chi connectivity index (χ4n) is 2.47. The first kappa shape index (κ1) is 19.4. The molecule has 0 aliphatic heterocycles. The standard InChI is InChI=1S/C19H17F3N4O2/c1-25(2)18(27)12-10-15(16-8-9-26(3)24-16)17(23-11-12)28-14-6-4-13(5-7-14)19(20,21)22/h4-11H,1-3H3. The van der Waals surface area contributed by atoms with Crippen molar-refractivity contribution in [1.29, 1.82) is 0 Å². The zero-order valence-electron chi connectivity index (χ0n) is 15.4.